The van der Waals surface area contributed by atoms with Gasteiger partial charge in [-0.05, 0) is 22.0 Å². The SMILES string of the molecule is Oc1cccc2nc(Br)nn12. The maximum absolute atomic E-state index is 9.22. The van der Waals surface area contributed by atoms with E-state index in [4.69, 9.17) is 0 Å². The van der Waals surface area contributed by atoms with Crippen LogP contribution in [0.1, 0.15) is 0 Å². The van der Waals surface area contributed by atoms with Gasteiger partial charge < -0.3 is 5.11 Å². The third kappa shape index (κ3) is 0.970. The molecule has 0 bridgehead atoms. The molecular formula is C6H4BrN3O. The van der Waals surface area contributed by atoms with E-state index < -0.39 is 0 Å². The summed E-state index contributed by atoms with van der Waals surface area (Å²) < 4.78 is 1.82. The molecule has 0 atom stereocenters. The van der Waals surface area contributed by atoms with Gasteiger partial charge >= 0.3 is 0 Å². The third-order valence-corrected chi connectivity index (χ3v) is 1.65. The molecule has 2 aromatic rings. The van der Waals surface area contributed by atoms with Crippen LogP contribution in [0.15, 0.2) is 22.9 Å². The lowest BCUT2D eigenvalue weighted by Crippen LogP contribution is -1.86. The molecule has 0 radical (unpaired) electrons. The van der Waals surface area contributed by atoms with E-state index >= 15 is 0 Å². The van der Waals surface area contributed by atoms with Gasteiger partial charge in [-0.15, -0.1) is 5.10 Å². The lowest BCUT2D eigenvalue weighted by atomic mass is 10.5. The minimum absolute atomic E-state index is 0.0840. The van der Waals surface area contributed by atoms with E-state index in [0.29, 0.717) is 10.4 Å². The van der Waals surface area contributed by atoms with Crippen LogP contribution in [0.3, 0.4) is 0 Å². The lowest BCUT2D eigenvalue weighted by Gasteiger charge is -1.92. The van der Waals surface area contributed by atoms with Gasteiger partial charge in [0.25, 0.3) is 0 Å². The molecule has 0 fully saturated rings. The van der Waals surface area contributed by atoms with Gasteiger partial charge in [-0.25, -0.2) is 4.98 Å². The Bertz CT molecular complexity index is 398. The van der Waals surface area contributed by atoms with Crippen molar-refractivity contribution in [1.29, 1.82) is 0 Å². The Morgan fingerprint density at radius 1 is 1.45 bits per heavy atom. The fraction of sp³-hybridized carbons (Fsp3) is 0. The average Bonchev–Trinajstić information content (AvgIpc) is 2.31. The Hall–Kier alpha value is -1.10. The minimum Gasteiger partial charge on any atom is -0.493 e. The normalized spacial score (nSPS) is 10.6. The molecule has 56 valence electrons. The maximum Gasteiger partial charge on any atom is 0.218 e. The van der Waals surface area contributed by atoms with Crippen molar-refractivity contribution >= 4 is 21.6 Å². The van der Waals surface area contributed by atoms with E-state index in [-0.39, 0.29) is 5.88 Å². The zero-order valence-electron chi connectivity index (χ0n) is 5.40. The first kappa shape index (κ1) is 6.60. The number of hydrogen-bond donors (Lipinski definition) is 1. The number of nitrogens with zero attached hydrogens (tertiary/aromatic N) is 3. The van der Waals surface area contributed by atoms with Crippen LogP contribution in [0.4, 0.5) is 0 Å². The molecule has 2 rings (SSSR count). The first-order valence-electron chi connectivity index (χ1n) is 2.97. The number of aromatic hydroxyl groups is 1. The zero-order valence-corrected chi connectivity index (χ0v) is 6.98. The molecule has 5 heteroatoms. The van der Waals surface area contributed by atoms with Gasteiger partial charge in [0, 0.05) is 6.07 Å². The van der Waals surface area contributed by atoms with E-state index in [1.54, 1.807) is 18.2 Å². The van der Waals surface area contributed by atoms with Gasteiger partial charge in [0.05, 0.1) is 0 Å². The second-order valence-corrected chi connectivity index (χ2v) is 2.74. The van der Waals surface area contributed by atoms with Crippen molar-refractivity contribution in [2.24, 2.45) is 0 Å². The Morgan fingerprint density at radius 3 is 3.00 bits per heavy atom. The standard InChI is InChI=1S/C6H4BrN3O/c7-6-8-4-2-1-3-5(11)10(4)9-6/h1-3,11H. The van der Waals surface area contributed by atoms with E-state index in [1.165, 1.54) is 4.52 Å². The molecule has 4 nitrogen and oxygen atoms in total. The van der Waals surface area contributed by atoms with Crippen molar-refractivity contribution in [2.45, 2.75) is 0 Å². The van der Waals surface area contributed by atoms with Crippen LogP contribution in [0.25, 0.3) is 5.65 Å². The predicted molar refractivity (Wildman–Crippen MR) is 42.4 cm³/mol. The summed E-state index contributed by atoms with van der Waals surface area (Å²) in [4.78, 5) is 3.98. The minimum atomic E-state index is 0.0840. The maximum atomic E-state index is 9.22. The summed E-state index contributed by atoms with van der Waals surface area (Å²) in [5.41, 5.74) is 0.622. The molecule has 0 spiro atoms. The summed E-state index contributed by atoms with van der Waals surface area (Å²) in [5, 5.41) is 13.1. The number of hydrogen-bond acceptors (Lipinski definition) is 3. The molecule has 11 heavy (non-hydrogen) atoms. The first-order chi connectivity index (χ1) is 5.27. The van der Waals surface area contributed by atoms with Crippen LogP contribution < -0.4 is 0 Å². The molecule has 0 aliphatic heterocycles. The quantitative estimate of drug-likeness (QED) is 0.716. The summed E-state index contributed by atoms with van der Waals surface area (Å²) in [6.45, 7) is 0. The van der Waals surface area contributed by atoms with Crippen molar-refractivity contribution in [2.75, 3.05) is 0 Å². The Morgan fingerprint density at radius 2 is 2.27 bits per heavy atom. The van der Waals surface area contributed by atoms with Crippen LogP contribution in [0, 0.1) is 0 Å². The first-order valence-corrected chi connectivity index (χ1v) is 3.77. The topological polar surface area (TPSA) is 50.4 Å². The van der Waals surface area contributed by atoms with Gasteiger partial charge in [-0.1, -0.05) is 6.07 Å². The van der Waals surface area contributed by atoms with Gasteiger partial charge in [0.15, 0.2) is 5.65 Å². The molecule has 0 saturated heterocycles. The van der Waals surface area contributed by atoms with E-state index in [1.807, 2.05) is 0 Å². The number of aromatic nitrogens is 3. The Kier molecular flexibility index (Phi) is 1.32. The smallest absolute Gasteiger partial charge is 0.218 e. The molecule has 0 aliphatic rings. The second kappa shape index (κ2) is 2.20. The fourth-order valence-corrected chi connectivity index (χ4v) is 1.21. The van der Waals surface area contributed by atoms with Gasteiger partial charge in [-0.2, -0.15) is 4.52 Å². The summed E-state index contributed by atoms with van der Waals surface area (Å²) >= 11 is 3.10. The van der Waals surface area contributed by atoms with Crippen molar-refractivity contribution in [1.82, 2.24) is 14.6 Å². The highest BCUT2D eigenvalue weighted by Gasteiger charge is 2.01. The summed E-state index contributed by atoms with van der Waals surface area (Å²) in [7, 11) is 0. The van der Waals surface area contributed by atoms with Crippen molar-refractivity contribution < 1.29 is 5.11 Å². The van der Waals surface area contributed by atoms with Crippen molar-refractivity contribution in [3.05, 3.63) is 22.9 Å². The number of halogens is 1. The average molecular weight is 214 g/mol. The van der Waals surface area contributed by atoms with E-state index in [9.17, 15) is 5.11 Å². The van der Waals surface area contributed by atoms with Crippen LogP contribution in [0.2, 0.25) is 0 Å². The van der Waals surface area contributed by atoms with E-state index in [0.717, 1.165) is 0 Å². The van der Waals surface area contributed by atoms with E-state index in [2.05, 4.69) is 26.0 Å². The Balaban J connectivity index is 2.90. The van der Waals surface area contributed by atoms with Gasteiger partial charge in [0.2, 0.25) is 10.6 Å². The fourth-order valence-electron chi connectivity index (χ4n) is 0.865. The highest BCUT2D eigenvalue weighted by molar-refractivity contribution is 9.10. The summed E-state index contributed by atoms with van der Waals surface area (Å²) in [6, 6.07) is 5.03. The highest BCUT2D eigenvalue weighted by Crippen LogP contribution is 2.12. The Labute approximate surface area is 70.6 Å². The predicted octanol–water partition coefficient (Wildman–Crippen LogP) is 1.20. The molecule has 0 unspecified atom stereocenters. The second-order valence-electron chi connectivity index (χ2n) is 2.03. The van der Waals surface area contributed by atoms with Gasteiger partial charge in [0.1, 0.15) is 0 Å². The largest absolute Gasteiger partial charge is 0.493 e. The number of rotatable bonds is 0. The molecular weight excluding hydrogens is 210 g/mol. The molecule has 0 saturated carbocycles. The highest BCUT2D eigenvalue weighted by atomic mass is 79.9. The van der Waals surface area contributed by atoms with Crippen LogP contribution in [0.5, 0.6) is 5.88 Å². The molecule has 0 aromatic carbocycles. The number of pyridine rings is 1. The summed E-state index contributed by atoms with van der Waals surface area (Å²) in [5.74, 6) is 0.0840. The lowest BCUT2D eigenvalue weighted by molar-refractivity contribution is 0.436. The van der Waals surface area contributed by atoms with Gasteiger partial charge in [-0.3, -0.25) is 0 Å². The molecule has 2 heterocycles. The third-order valence-electron chi connectivity index (χ3n) is 1.31. The van der Waals surface area contributed by atoms with Crippen molar-refractivity contribution in [3.63, 3.8) is 0 Å². The van der Waals surface area contributed by atoms with Crippen LogP contribution >= 0.6 is 15.9 Å². The monoisotopic (exact) mass is 213 g/mol. The zero-order chi connectivity index (χ0) is 7.84. The number of fused-ring (bicyclic) bond motifs is 1. The molecule has 2 aromatic heterocycles. The van der Waals surface area contributed by atoms with Crippen LogP contribution in [-0.4, -0.2) is 19.7 Å². The summed E-state index contributed by atoms with van der Waals surface area (Å²) in [6.07, 6.45) is 0. The molecule has 1 N–H and O–H groups in total. The van der Waals surface area contributed by atoms with Crippen molar-refractivity contribution in [3.8, 4) is 5.88 Å². The molecule has 0 amide bonds. The van der Waals surface area contributed by atoms with Crippen LogP contribution in [-0.2, 0) is 0 Å². The molecule has 0 aliphatic carbocycles.